The maximum absolute atomic E-state index is 5.43. The van der Waals surface area contributed by atoms with Gasteiger partial charge in [-0.1, -0.05) is 18.1 Å². The minimum Gasteiger partial charge on any atom is -0.126 e. The molecule has 9 heavy (non-hydrogen) atoms. The summed E-state index contributed by atoms with van der Waals surface area (Å²) in [4.78, 5) is 0. The fraction of sp³-hybridized carbons (Fsp3) is 0.500. The van der Waals surface area contributed by atoms with E-state index in [1.165, 1.54) is 0 Å². The summed E-state index contributed by atoms with van der Waals surface area (Å²) in [7, 11) is 0. The molecule has 0 rings (SSSR count). The fourth-order valence-corrected chi connectivity index (χ4v) is 0.551. The van der Waals surface area contributed by atoms with Gasteiger partial charge in [-0.05, 0) is 13.3 Å². The zero-order valence-corrected chi connectivity index (χ0v) is 6.41. The van der Waals surface area contributed by atoms with Crippen molar-refractivity contribution >= 4 is 11.6 Å². The Morgan fingerprint density at radius 3 is 2.78 bits per heavy atom. The zero-order chi connectivity index (χ0) is 6.95. The summed E-state index contributed by atoms with van der Waals surface area (Å²) in [5, 5.41) is 0. The molecule has 0 unspecified atom stereocenters. The lowest BCUT2D eigenvalue weighted by atomic mass is 10.3. The van der Waals surface area contributed by atoms with Crippen LogP contribution in [0.4, 0.5) is 0 Å². The third-order valence-corrected chi connectivity index (χ3v) is 1.06. The highest BCUT2D eigenvalue weighted by molar-refractivity contribution is 6.17. The van der Waals surface area contributed by atoms with Gasteiger partial charge in [0, 0.05) is 12.3 Å². The first-order valence-corrected chi connectivity index (χ1v) is 3.56. The van der Waals surface area contributed by atoms with Crippen LogP contribution in [0.2, 0.25) is 0 Å². The number of rotatable bonds is 3. The maximum atomic E-state index is 5.43. The van der Waals surface area contributed by atoms with E-state index in [1.807, 2.05) is 13.0 Å². The third-order valence-electron chi connectivity index (χ3n) is 0.839. The van der Waals surface area contributed by atoms with Crippen molar-refractivity contribution in [1.82, 2.24) is 0 Å². The molecule has 0 spiro atoms. The van der Waals surface area contributed by atoms with Gasteiger partial charge in [0.25, 0.3) is 0 Å². The van der Waals surface area contributed by atoms with Crippen LogP contribution in [0, 0.1) is 11.8 Å². The van der Waals surface area contributed by atoms with E-state index in [1.54, 1.807) is 0 Å². The second-order valence-corrected chi connectivity index (χ2v) is 1.96. The van der Waals surface area contributed by atoms with Crippen LogP contribution in [0.25, 0.3) is 0 Å². The average Bonchev–Trinajstić information content (AvgIpc) is 1.89. The van der Waals surface area contributed by atoms with E-state index < -0.39 is 0 Å². The second kappa shape index (κ2) is 7.59. The molecule has 0 bridgehead atoms. The first-order chi connectivity index (χ1) is 4.41. The van der Waals surface area contributed by atoms with Crippen LogP contribution in [0.5, 0.6) is 0 Å². The molecule has 0 saturated carbocycles. The summed E-state index contributed by atoms with van der Waals surface area (Å²) in [5.74, 6) is 6.44. The van der Waals surface area contributed by atoms with Gasteiger partial charge < -0.3 is 0 Å². The van der Waals surface area contributed by atoms with Crippen molar-refractivity contribution < 1.29 is 0 Å². The predicted octanol–water partition coefficient (Wildman–Crippen LogP) is 2.58. The number of hydrogen-bond acceptors (Lipinski definition) is 0. The first kappa shape index (κ1) is 8.59. The summed E-state index contributed by atoms with van der Waals surface area (Å²) in [6, 6.07) is 0. The quantitative estimate of drug-likeness (QED) is 0.323. The summed E-state index contributed by atoms with van der Waals surface area (Å²) in [5.41, 5.74) is 0. The van der Waals surface area contributed by atoms with Crippen LogP contribution in [-0.2, 0) is 0 Å². The summed E-state index contributed by atoms with van der Waals surface area (Å²) in [6.07, 6.45) is 5.90. The van der Waals surface area contributed by atoms with Crippen LogP contribution >= 0.6 is 11.6 Å². The molecular formula is C8H11Cl. The number of hydrogen-bond donors (Lipinski definition) is 0. The molecule has 0 amide bonds. The Labute approximate surface area is 61.9 Å². The summed E-state index contributed by atoms with van der Waals surface area (Å²) in [6.45, 7) is 1.84. The number of allylic oxidation sites excluding steroid dienone is 2. The Balaban J connectivity index is 3.11. The Morgan fingerprint density at radius 2 is 2.22 bits per heavy atom. The van der Waals surface area contributed by atoms with Gasteiger partial charge in [0.05, 0.1) is 0 Å². The summed E-state index contributed by atoms with van der Waals surface area (Å²) < 4.78 is 0. The molecule has 0 atom stereocenters. The van der Waals surface area contributed by atoms with Crippen molar-refractivity contribution in [1.29, 1.82) is 0 Å². The van der Waals surface area contributed by atoms with Gasteiger partial charge in [-0.2, -0.15) is 0 Å². The van der Waals surface area contributed by atoms with Gasteiger partial charge in [-0.3, -0.25) is 0 Å². The van der Waals surface area contributed by atoms with Gasteiger partial charge in [0.15, 0.2) is 0 Å². The van der Waals surface area contributed by atoms with E-state index in [0.717, 1.165) is 12.8 Å². The average molecular weight is 143 g/mol. The lowest BCUT2D eigenvalue weighted by Crippen LogP contribution is -1.65. The molecule has 0 aromatic heterocycles. The Hall–Kier alpha value is -0.410. The van der Waals surface area contributed by atoms with E-state index in [2.05, 4.69) is 17.9 Å². The highest BCUT2D eigenvalue weighted by atomic mass is 35.5. The highest BCUT2D eigenvalue weighted by Gasteiger charge is 1.71. The van der Waals surface area contributed by atoms with Crippen molar-refractivity contribution in [2.75, 3.05) is 5.88 Å². The van der Waals surface area contributed by atoms with E-state index in [-0.39, 0.29) is 0 Å². The Morgan fingerprint density at radius 1 is 1.44 bits per heavy atom. The van der Waals surface area contributed by atoms with Gasteiger partial charge >= 0.3 is 0 Å². The molecule has 0 nitrogen and oxygen atoms in total. The molecule has 1 heteroatoms. The van der Waals surface area contributed by atoms with Crippen LogP contribution in [0.1, 0.15) is 19.8 Å². The SMILES string of the molecule is CC#CC/C=C/CCCl. The van der Waals surface area contributed by atoms with Crippen molar-refractivity contribution in [3.63, 3.8) is 0 Å². The molecule has 0 heterocycles. The monoisotopic (exact) mass is 142 g/mol. The lowest BCUT2D eigenvalue weighted by Gasteiger charge is -1.78. The molecule has 50 valence electrons. The van der Waals surface area contributed by atoms with Crippen molar-refractivity contribution in [3.05, 3.63) is 12.2 Å². The predicted molar refractivity (Wildman–Crippen MR) is 42.5 cm³/mol. The van der Waals surface area contributed by atoms with Gasteiger partial charge in [-0.25, -0.2) is 0 Å². The van der Waals surface area contributed by atoms with Crippen molar-refractivity contribution in [3.8, 4) is 11.8 Å². The zero-order valence-electron chi connectivity index (χ0n) is 5.65. The van der Waals surface area contributed by atoms with E-state index >= 15 is 0 Å². The Bertz CT molecular complexity index is 125. The smallest absolute Gasteiger partial charge is 0.0269 e. The lowest BCUT2D eigenvalue weighted by molar-refractivity contribution is 1.21. The van der Waals surface area contributed by atoms with E-state index in [4.69, 9.17) is 11.6 Å². The van der Waals surface area contributed by atoms with Gasteiger partial charge in [0.2, 0.25) is 0 Å². The second-order valence-electron chi connectivity index (χ2n) is 1.58. The molecule has 0 aromatic rings. The molecule has 0 aliphatic rings. The van der Waals surface area contributed by atoms with Crippen LogP contribution in [-0.4, -0.2) is 5.88 Å². The third kappa shape index (κ3) is 7.59. The molecule has 0 radical (unpaired) electrons. The van der Waals surface area contributed by atoms with E-state index in [9.17, 15) is 0 Å². The standard InChI is InChI=1S/C8H11Cl/c1-2-3-4-5-6-7-8-9/h5-6H,4,7-8H2,1H3/b6-5+. The minimum atomic E-state index is 0.704. The van der Waals surface area contributed by atoms with Crippen molar-refractivity contribution in [2.24, 2.45) is 0 Å². The van der Waals surface area contributed by atoms with Crippen LogP contribution < -0.4 is 0 Å². The van der Waals surface area contributed by atoms with Crippen LogP contribution in [0.3, 0.4) is 0 Å². The normalized spacial score (nSPS) is 9.11. The molecule has 0 aromatic carbocycles. The molecule has 0 aliphatic carbocycles. The molecule has 0 N–H and O–H groups in total. The van der Waals surface area contributed by atoms with Crippen molar-refractivity contribution in [2.45, 2.75) is 19.8 Å². The summed E-state index contributed by atoms with van der Waals surface area (Å²) >= 11 is 5.43. The van der Waals surface area contributed by atoms with Gasteiger partial charge in [-0.15, -0.1) is 17.5 Å². The maximum Gasteiger partial charge on any atom is 0.0269 e. The topological polar surface area (TPSA) is 0 Å². The molecule has 0 saturated heterocycles. The molecule has 0 aliphatic heterocycles. The largest absolute Gasteiger partial charge is 0.126 e. The highest BCUT2D eigenvalue weighted by Crippen LogP contribution is 1.87. The van der Waals surface area contributed by atoms with E-state index in [0.29, 0.717) is 5.88 Å². The fourth-order valence-electron chi connectivity index (χ4n) is 0.425. The molecular weight excluding hydrogens is 132 g/mol. The number of halogens is 1. The minimum absolute atomic E-state index is 0.704. The van der Waals surface area contributed by atoms with Crippen LogP contribution in [0.15, 0.2) is 12.2 Å². The number of alkyl halides is 1. The Kier molecular flexibility index (Phi) is 7.24. The molecule has 0 fully saturated rings. The first-order valence-electron chi connectivity index (χ1n) is 3.02. The van der Waals surface area contributed by atoms with Gasteiger partial charge in [0.1, 0.15) is 0 Å².